The van der Waals surface area contributed by atoms with Crippen LogP contribution in [0.1, 0.15) is 46.0 Å². The van der Waals surface area contributed by atoms with Gasteiger partial charge in [0.1, 0.15) is 0 Å². The van der Waals surface area contributed by atoms with Crippen molar-refractivity contribution in [2.24, 2.45) is 0 Å². The van der Waals surface area contributed by atoms with Crippen molar-refractivity contribution in [1.82, 2.24) is 0 Å². The Balaban J connectivity index is 0. The van der Waals surface area contributed by atoms with Crippen LogP contribution in [0.15, 0.2) is 0 Å². The summed E-state index contributed by atoms with van der Waals surface area (Å²) in [5, 5.41) is 0. The third-order valence-electron chi connectivity index (χ3n) is 1.16. The Kier molecular flexibility index (Phi) is 15.3. The second-order valence-corrected chi connectivity index (χ2v) is 2.21. The van der Waals surface area contributed by atoms with Crippen molar-refractivity contribution >= 4 is 0 Å². The van der Waals surface area contributed by atoms with Gasteiger partial charge in [-0.3, -0.25) is 0 Å². The summed E-state index contributed by atoms with van der Waals surface area (Å²) in [6, 6.07) is 0. The minimum absolute atomic E-state index is 0. The average Bonchev–Trinajstić information content (AvgIpc) is 1.89. The molecular formula is C9H16Zn. The van der Waals surface area contributed by atoms with Gasteiger partial charge in [0.25, 0.3) is 0 Å². The van der Waals surface area contributed by atoms with Gasteiger partial charge in [-0.2, -0.15) is 0 Å². The van der Waals surface area contributed by atoms with E-state index in [9.17, 15) is 0 Å². The summed E-state index contributed by atoms with van der Waals surface area (Å²) in [6.45, 7) is 4.36. The third kappa shape index (κ3) is 11.0. The molecule has 0 amide bonds. The van der Waals surface area contributed by atoms with Gasteiger partial charge in [0.15, 0.2) is 0 Å². The first-order chi connectivity index (χ1) is 4.41. The molecule has 0 saturated carbocycles. The van der Waals surface area contributed by atoms with Gasteiger partial charge >= 0.3 is 0 Å². The standard InChI is InChI=1S/C9H16.Zn/c1-3-5-7-9-8-6-4-2;/h3-7H2,1-2H3;. The van der Waals surface area contributed by atoms with E-state index < -0.39 is 0 Å². The summed E-state index contributed by atoms with van der Waals surface area (Å²) >= 11 is 0. The molecule has 0 bridgehead atoms. The van der Waals surface area contributed by atoms with Crippen LogP contribution >= 0.6 is 0 Å². The molecular weight excluding hydrogens is 173 g/mol. The van der Waals surface area contributed by atoms with Crippen LogP contribution in [0.25, 0.3) is 0 Å². The van der Waals surface area contributed by atoms with Gasteiger partial charge in [-0.05, 0) is 12.8 Å². The van der Waals surface area contributed by atoms with Gasteiger partial charge in [0.2, 0.25) is 0 Å². The Bertz CT molecular complexity index is 97.0. The smallest absolute Gasteiger partial charge is 0.00885 e. The summed E-state index contributed by atoms with van der Waals surface area (Å²) in [6.07, 6.45) is 5.89. The van der Waals surface area contributed by atoms with Crippen molar-refractivity contribution in [3.05, 3.63) is 0 Å². The first kappa shape index (κ1) is 12.8. The first-order valence-corrected chi connectivity index (χ1v) is 3.87. The quantitative estimate of drug-likeness (QED) is 0.364. The maximum atomic E-state index is 3.14. The molecule has 0 aromatic carbocycles. The zero-order chi connectivity index (χ0) is 6.95. The molecule has 0 heterocycles. The van der Waals surface area contributed by atoms with E-state index in [1.165, 1.54) is 19.3 Å². The molecule has 0 fully saturated rings. The fourth-order valence-corrected chi connectivity index (χ4v) is 0.567. The van der Waals surface area contributed by atoms with Crippen molar-refractivity contribution in [2.75, 3.05) is 0 Å². The van der Waals surface area contributed by atoms with Crippen molar-refractivity contribution in [3.63, 3.8) is 0 Å². The molecule has 0 aromatic rings. The Morgan fingerprint density at radius 2 is 1.50 bits per heavy atom. The monoisotopic (exact) mass is 188 g/mol. The molecule has 0 aromatic heterocycles. The molecule has 0 rings (SSSR count). The molecule has 0 atom stereocenters. The van der Waals surface area contributed by atoms with E-state index in [1.54, 1.807) is 0 Å². The van der Waals surface area contributed by atoms with E-state index >= 15 is 0 Å². The molecule has 0 aliphatic carbocycles. The molecule has 1 heteroatoms. The van der Waals surface area contributed by atoms with Crippen LogP contribution in [0, 0.1) is 11.8 Å². The van der Waals surface area contributed by atoms with Crippen molar-refractivity contribution < 1.29 is 19.5 Å². The second kappa shape index (κ2) is 11.9. The number of hydrogen-bond donors (Lipinski definition) is 0. The number of rotatable bonds is 3. The predicted molar refractivity (Wildman–Crippen MR) is 42.2 cm³/mol. The number of hydrogen-bond acceptors (Lipinski definition) is 0. The average molecular weight is 190 g/mol. The normalized spacial score (nSPS) is 7.40. The van der Waals surface area contributed by atoms with Crippen LogP contribution in [0.4, 0.5) is 0 Å². The third-order valence-corrected chi connectivity index (χ3v) is 1.16. The van der Waals surface area contributed by atoms with Crippen LogP contribution in [-0.4, -0.2) is 0 Å². The van der Waals surface area contributed by atoms with Gasteiger partial charge in [0, 0.05) is 32.3 Å². The summed E-state index contributed by atoms with van der Waals surface area (Å²) in [7, 11) is 0. The number of unbranched alkanes of at least 4 members (excludes halogenated alkanes) is 3. The molecule has 10 heavy (non-hydrogen) atoms. The molecule has 0 nitrogen and oxygen atoms in total. The molecule has 0 saturated heterocycles. The van der Waals surface area contributed by atoms with E-state index in [0.29, 0.717) is 0 Å². The Hall–Kier alpha value is 0.183. The minimum atomic E-state index is 0. The zero-order valence-electron chi connectivity index (χ0n) is 7.24. The van der Waals surface area contributed by atoms with Crippen LogP contribution in [0.3, 0.4) is 0 Å². The first-order valence-electron chi connectivity index (χ1n) is 3.87. The van der Waals surface area contributed by atoms with E-state index in [-0.39, 0.29) is 19.5 Å². The largest absolute Gasteiger partial charge is 0.103 e. The van der Waals surface area contributed by atoms with Crippen molar-refractivity contribution in [2.45, 2.75) is 46.0 Å². The molecule has 0 N–H and O–H groups in total. The predicted octanol–water partition coefficient (Wildman–Crippen LogP) is 2.98. The molecule has 0 aliphatic rings. The Labute approximate surface area is 77.5 Å². The van der Waals surface area contributed by atoms with Crippen LogP contribution in [0.2, 0.25) is 0 Å². The molecule has 0 aliphatic heterocycles. The maximum absolute atomic E-state index is 3.14. The van der Waals surface area contributed by atoms with Gasteiger partial charge in [0.05, 0.1) is 0 Å². The summed E-state index contributed by atoms with van der Waals surface area (Å²) in [5.74, 6) is 6.26. The second-order valence-electron chi connectivity index (χ2n) is 2.21. The maximum Gasteiger partial charge on any atom is 0.00885 e. The van der Waals surface area contributed by atoms with E-state index in [1.807, 2.05) is 0 Å². The van der Waals surface area contributed by atoms with Gasteiger partial charge < -0.3 is 0 Å². The van der Waals surface area contributed by atoms with Gasteiger partial charge in [-0.1, -0.05) is 20.3 Å². The molecule has 0 radical (unpaired) electrons. The molecule has 0 spiro atoms. The van der Waals surface area contributed by atoms with Crippen LogP contribution in [-0.2, 0) is 19.5 Å². The Morgan fingerprint density at radius 1 is 0.900 bits per heavy atom. The topological polar surface area (TPSA) is 0 Å². The van der Waals surface area contributed by atoms with Gasteiger partial charge in [-0.15, -0.1) is 11.8 Å². The fraction of sp³-hybridized carbons (Fsp3) is 0.778. The van der Waals surface area contributed by atoms with Crippen molar-refractivity contribution in [3.8, 4) is 11.8 Å². The van der Waals surface area contributed by atoms with Crippen LogP contribution in [0.5, 0.6) is 0 Å². The van der Waals surface area contributed by atoms with Crippen molar-refractivity contribution in [1.29, 1.82) is 0 Å². The molecule has 0 unspecified atom stereocenters. The van der Waals surface area contributed by atoms with Crippen LogP contribution < -0.4 is 0 Å². The summed E-state index contributed by atoms with van der Waals surface area (Å²) in [5.41, 5.74) is 0. The fourth-order valence-electron chi connectivity index (χ4n) is 0.567. The SMILES string of the molecule is CCCC#CCCCC.[Zn]. The minimum Gasteiger partial charge on any atom is -0.103 e. The zero-order valence-corrected chi connectivity index (χ0v) is 10.2. The summed E-state index contributed by atoms with van der Waals surface area (Å²) in [4.78, 5) is 0. The van der Waals surface area contributed by atoms with E-state index in [4.69, 9.17) is 0 Å². The van der Waals surface area contributed by atoms with E-state index in [0.717, 1.165) is 12.8 Å². The van der Waals surface area contributed by atoms with Gasteiger partial charge in [-0.25, -0.2) is 0 Å². The van der Waals surface area contributed by atoms with E-state index in [2.05, 4.69) is 25.7 Å². The Morgan fingerprint density at radius 3 is 2.00 bits per heavy atom. The summed E-state index contributed by atoms with van der Waals surface area (Å²) < 4.78 is 0. The molecule has 54 valence electrons.